The molecule has 0 spiro atoms. The molecule has 0 atom stereocenters. The van der Waals surface area contributed by atoms with Gasteiger partial charge in [-0.05, 0) is 0 Å². The standard InChI is InChI=1S/C8H8ClF2NO2/c9-2-5-6(14)1-4(3-13)12-7(5)8(10)11/h1,8,13H,2-3H2,(H,12,14). The van der Waals surface area contributed by atoms with E-state index in [9.17, 15) is 13.6 Å². The molecule has 1 aromatic rings. The first-order chi connectivity index (χ1) is 6.60. The second-order valence-corrected chi connectivity index (χ2v) is 2.91. The molecule has 0 fully saturated rings. The lowest BCUT2D eigenvalue weighted by Gasteiger charge is -2.07. The number of alkyl halides is 3. The van der Waals surface area contributed by atoms with Crippen molar-refractivity contribution in [1.82, 2.24) is 4.98 Å². The molecule has 1 aromatic heterocycles. The monoisotopic (exact) mass is 223 g/mol. The van der Waals surface area contributed by atoms with E-state index in [1.165, 1.54) is 0 Å². The highest BCUT2D eigenvalue weighted by Gasteiger charge is 2.16. The van der Waals surface area contributed by atoms with Crippen molar-refractivity contribution in [2.24, 2.45) is 0 Å². The quantitative estimate of drug-likeness (QED) is 0.764. The van der Waals surface area contributed by atoms with Crippen molar-refractivity contribution in [1.29, 1.82) is 0 Å². The van der Waals surface area contributed by atoms with Crippen LogP contribution in [0.1, 0.15) is 23.4 Å². The van der Waals surface area contributed by atoms with Crippen LogP contribution >= 0.6 is 11.6 Å². The smallest absolute Gasteiger partial charge is 0.278 e. The number of aromatic nitrogens is 1. The summed E-state index contributed by atoms with van der Waals surface area (Å²) in [4.78, 5) is 13.5. The number of hydrogen-bond donors (Lipinski definition) is 2. The number of pyridine rings is 1. The van der Waals surface area contributed by atoms with E-state index in [4.69, 9.17) is 16.7 Å². The van der Waals surface area contributed by atoms with E-state index in [0.717, 1.165) is 6.07 Å². The fraction of sp³-hybridized carbons (Fsp3) is 0.375. The van der Waals surface area contributed by atoms with Gasteiger partial charge in [-0.25, -0.2) is 8.78 Å². The van der Waals surface area contributed by atoms with Gasteiger partial charge in [0.2, 0.25) is 0 Å². The number of rotatable bonds is 3. The maximum atomic E-state index is 12.4. The number of aliphatic hydroxyl groups is 1. The summed E-state index contributed by atoms with van der Waals surface area (Å²) in [6, 6.07) is 1.06. The molecule has 1 rings (SSSR count). The normalized spacial score (nSPS) is 10.9. The van der Waals surface area contributed by atoms with Crippen LogP contribution in [0.3, 0.4) is 0 Å². The Balaban J connectivity index is 3.36. The van der Waals surface area contributed by atoms with Crippen LogP contribution < -0.4 is 5.43 Å². The fourth-order valence-corrected chi connectivity index (χ4v) is 1.35. The minimum absolute atomic E-state index is 0.0548. The SMILES string of the molecule is O=c1cc(CO)[nH]c(C(F)F)c1CCl. The molecule has 0 bridgehead atoms. The number of aliphatic hydroxyl groups excluding tert-OH is 1. The van der Waals surface area contributed by atoms with E-state index < -0.39 is 24.2 Å². The van der Waals surface area contributed by atoms with Gasteiger partial charge in [-0.1, -0.05) is 0 Å². The molecule has 2 N–H and O–H groups in total. The van der Waals surface area contributed by atoms with Crippen LogP contribution in [0.5, 0.6) is 0 Å². The third kappa shape index (κ3) is 2.10. The first-order valence-corrected chi connectivity index (χ1v) is 4.33. The Morgan fingerprint density at radius 2 is 2.21 bits per heavy atom. The van der Waals surface area contributed by atoms with Crippen LogP contribution in [0.4, 0.5) is 8.78 Å². The zero-order valence-corrected chi connectivity index (χ0v) is 7.81. The first-order valence-electron chi connectivity index (χ1n) is 3.80. The van der Waals surface area contributed by atoms with E-state index in [2.05, 4.69) is 4.98 Å². The molecule has 1 heterocycles. The molecule has 0 aliphatic heterocycles. The molecule has 0 radical (unpaired) electrons. The van der Waals surface area contributed by atoms with Crippen LogP contribution in [-0.4, -0.2) is 10.1 Å². The highest BCUT2D eigenvalue weighted by atomic mass is 35.5. The highest BCUT2D eigenvalue weighted by molar-refractivity contribution is 6.17. The Morgan fingerprint density at radius 3 is 2.64 bits per heavy atom. The van der Waals surface area contributed by atoms with Gasteiger partial charge in [0.15, 0.2) is 5.43 Å². The predicted octanol–water partition coefficient (Wildman–Crippen LogP) is 1.54. The van der Waals surface area contributed by atoms with E-state index in [1.54, 1.807) is 0 Å². The summed E-state index contributed by atoms with van der Waals surface area (Å²) in [5.41, 5.74) is -1.20. The maximum absolute atomic E-state index is 12.4. The van der Waals surface area contributed by atoms with Gasteiger partial charge in [0, 0.05) is 17.3 Å². The third-order valence-electron chi connectivity index (χ3n) is 1.75. The lowest BCUT2D eigenvalue weighted by atomic mass is 10.2. The number of nitrogens with one attached hydrogen (secondary N) is 1. The Bertz CT molecular complexity index is 378. The van der Waals surface area contributed by atoms with Crippen molar-refractivity contribution in [2.45, 2.75) is 18.9 Å². The van der Waals surface area contributed by atoms with E-state index >= 15 is 0 Å². The maximum Gasteiger partial charge on any atom is 0.278 e. The molecule has 14 heavy (non-hydrogen) atoms. The molecule has 0 aliphatic carbocycles. The minimum Gasteiger partial charge on any atom is -0.390 e. The summed E-state index contributed by atoms with van der Waals surface area (Å²) in [7, 11) is 0. The van der Waals surface area contributed by atoms with Crippen LogP contribution in [0.25, 0.3) is 0 Å². The summed E-state index contributed by atoms with van der Waals surface area (Å²) in [6.45, 7) is -0.489. The van der Waals surface area contributed by atoms with E-state index in [-0.39, 0.29) is 17.1 Å². The van der Waals surface area contributed by atoms with Crippen LogP contribution in [0, 0.1) is 0 Å². The second-order valence-electron chi connectivity index (χ2n) is 2.64. The molecule has 0 saturated carbocycles. The fourth-order valence-electron chi connectivity index (χ4n) is 1.07. The summed E-state index contributed by atoms with van der Waals surface area (Å²) in [5, 5.41) is 8.68. The van der Waals surface area contributed by atoms with Gasteiger partial charge < -0.3 is 10.1 Å². The van der Waals surface area contributed by atoms with Gasteiger partial charge in [-0.3, -0.25) is 4.79 Å². The molecule has 0 unspecified atom stereocenters. The first kappa shape index (κ1) is 11.1. The van der Waals surface area contributed by atoms with Gasteiger partial charge in [0.25, 0.3) is 6.43 Å². The summed E-state index contributed by atoms with van der Waals surface area (Å²) in [5.74, 6) is -0.277. The Labute approximate surface area is 83.3 Å². The van der Waals surface area contributed by atoms with Crippen molar-refractivity contribution in [3.63, 3.8) is 0 Å². The van der Waals surface area contributed by atoms with Crippen molar-refractivity contribution in [3.8, 4) is 0 Å². The average Bonchev–Trinajstić information content (AvgIpc) is 2.16. The van der Waals surface area contributed by atoms with Crippen LogP contribution in [0.2, 0.25) is 0 Å². The zero-order valence-electron chi connectivity index (χ0n) is 7.06. The highest BCUT2D eigenvalue weighted by Crippen LogP contribution is 2.20. The second kappa shape index (κ2) is 4.52. The van der Waals surface area contributed by atoms with E-state index in [0.29, 0.717) is 0 Å². The predicted molar refractivity (Wildman–Crippen MR) is 47.5 cm³/mol. The molecule has 0 amide bonds. The zero-order chi connectivity index (χ0) is 10.7. The van der Waals surface area contributed by atoms with Crippen molar-refractivity contribution >= 4 is 11.6 Å². The van der Waals surface area contributed by atoms with Gasteiger partial charge in [0.1, 0.15) is 0 Å². The van der Waals surface area contributed by atoms with Gasteiger partial charge in [-0.2, -0.15) is 0 Å². The largest absolute Gasteiger partial charge is 0.390 e. The average molecular weight is 224 g/mol. The number of aromatic amines is 1. The molecule has 78 valence electrons. The molecule has 6 heteroatoms. The van der Waals surface area contributed by atoms with Gasteiger partial charge in [0.05, 0.1) is 18.2 Å². The molecule has 3 nitrogen and oxygen atoms in total. The van der Waals surface area contributed by atoms with Gasteiger partial charge in [-0.15, -0.1) is 11.6 Å². The number of hydrogen-bond acceptors (Lipinski definition) is 2. The molecule has 0 saturated heterocycles. The topological polar surface area (TPSA) is 53.1 Å². The minimum atomic E-state index is -2.80. The van der Waals surface area contributed by atoms with Crippen molar-refractivity contribution < 1.29 is 13.9 Å². The summed E-state index contributed by atoms with van der Waals surface area (Å²) < 4.78 is 24.8. The summed E-state index contributed by atoms with van der Waals surface area (Å²) >= 11 is 5.36. The third-order valence-corrected chi connectivity index (χ3v) is 2.01. The van der Waals surface area contributed by atoms with Crippen LogP contribution in [-0.2, 0) is 12.5 Å². The Kier molecular flexibility index (Phi) is 3.60. The van der Waals surface area contributed by atoms with Crippen molar-refractivity contribution in [3.05, 3.63) is 33.2 Å². The van der Waals surface area contributed by atoms with Crippen LogP contribution in [0.15, 0.2) is 10.9 Å². The number of H-pyrrole nitrogens is 1. The lowest BCUT2D eigenvalue weighted by Crippen LogP contribution is -2.14. The van der Waals surface area contributed by atoms with E-state index in [1.807, 2.05) is 0 Å². The molecule has 0 aliphatic rings. The molecular formula is C8H8ClF2NO2. The molecule has 0 aromatic carbocycles. The molecular weight excluding hydrogens is 216 g/mol. The van der Waals surface area contributed by atoms with Crippen molar-refractivity contribution in [2.75, 3.05) is 0 Å². The Morgan fingerprint density at radius 1 is 1.57 bits per heavy atom. The number of halogens is 3. The Hall–Kier alpha value is -0.940. The lowest BCUT2D eigenvalue weighted by molar-refractivity contribution is 0.144. The van der Waals surface area contributed by atoms with Gasteiger partial charge >= 0.3 is 0 Å². The summed E-state index contributed by atoms with van der Waals surface area (Å²) in [6.07, 6.45) is -2.80.